The van der Waals surface area contributed by atoms with Gasteiger partial charge in [0.15, 0.2) is 0 Å². The first-order valence-electron chi connectivity index (χ1n) is 7.17. The number of nitrogens with zero attached hydrogens (tertiary/aromatic N) is 3. The summed E-state index contributed by atoms with van der Waals surface area (Å²) in [5.41, 5.74) is 1.78. The van der Waals surface area contributed by atoms with Gasteiger partial charge in [-0.2, -0.15) is 13.1 Å². The monoisotopic (exact) mass is 402 g/mol. The Kier molecular flexibility index (Phi) is 5.76. The van der Waals surface area contributed by atoms with E-state index in [2.05, 4.69) is 15.3 Å². The number of hydrogen-bond acceptors (Lipinski definition) is 5. The Morgan fingerprint density at radius 3 is 2.77 bits per heavy atom. The normalized spacial score (nSPS) is 13.7. The van der Waals surface area contributed by atoms with E-state index in [9.17, 15) is 17.6 Å². The number of urea groups is 1. The third-order valence-corrected chi connectivity index (χ3v) is 4.25. The first-order chi connectivity index (χ1) is 11.7. The minimum atomic E-state index is -3.91. The van der Waals surface area contributed by atoms with Crippen molar-refractivity contribution in [3.8, 4) is 11.3 Å². The summed E-state index contributed by atoms with van der Waals surface area (Å²) in [4.78, 5) is 21.4. The summed E-state index contributed by atoms with van der Waals surface area (Å²) in [5, 5.41) is 7.47. The van der Waals surface area contributed by atoms with Gasteiger partial charge in [0.25, 0.3) is 10.2 Å². The van der Waals surface area contributed by atoms with Crippen molar-refractivity contribution in [2.45, 2.75) is 13.1 Å². The molecule has 140 valence electrons. The molecule has 0 bridgehead atoms. The highest BCUT2D eigenvalue weighted by molar-refractivity contribution is 7.87. The van der Waals surface area contributed by atoms with Gasteiger partial charge >= 0.3 is 6.03 Å². The van der Waals surface area contributed by atoms with Crippen molar-refractivity contribution in [3.63, 3.8) is 0 Å². The van der Waals surface area contributed by atoms with Gasteiger partial charge < -0.3 is 4.90 Å². The predicted octanol–water partition coefficient (Wildman–Crippen LogP) is 0.975. The van der Waals surface area contributed by atoms with Gasteiger partial charge in [-0.3, -0.25) is 5.32 Å². The van der Waals surface area contributed by atoms with Crippen molar-refractivity contribution in [2.75, 3.05) is 12.4 Å². The average molecular weight is 403 g/mol. The number of fused-ring (bicyclic) bond motifs is 1. The highest BCUT2D eigenvalue weighted by atomic mass is 35.5. The number of aromatic nitrogens is 2. The van der Waals surface area contributed by atoms with E-state index in [0.717, 1.165) is 0 Å². The summed E-state index contributed by atoms with van der Waals surface area (Å²) in [7, 11) is -2.29. The van der Waals surface area contributed by atoms with Gasteiger partial charge in [0, 0.05) is 30.3 Å². The molecular weight excluding hydrogens is 387 g/mol. The topological polar surface area (TPSA) is 130 Å². The number of rotatable bonds is 4. The Bertz CT molecular complexity index is 956. The number of amides is 2. The average Bonchev–Trinajstić information content (AvgIpc) is 2.53. The van der Waals surface area contributed by atoms with Crippen LogP contribution in [0, 0.1) is 5.82 Å². The zero-order chi connectivity index (χ0) is 18.2. The Morgan fingerprint density at radius 2 is 2.12 bits per heavy atom. The molecule has 0 fully saturated rings. The van der Waals surface area contributed by atoms with Gasteiger partial charge in [-0.25, -0.2) is 24.3 Å². The van der Waals surface area contributed by atoms with Gasteiger partial charge in [0.1, 0.15) is 18.0 Å². The summed E-state index contributed by atoms with van der Waals surface area (Å²) in [6, 6.07) is 4.02. The summed E-state index contributed by atoms with van der Waals surface area (Å²) < 4.78 is 38.1. The molecule has 1 aromatic heterocycles. The summed E-state index contributed by atoms with van der Waals surface area (Å²) in [6.45, 7) is 0.0271. The van der Waals surface area contributed by atoms with Crippen LogP contribution in [0.15, 0.2) is 24.5 Å². The van der Waals surface area contributed by atoms with E-state index < -0.39 is 16.0 Å². The number of carbonyl (C=O) groups is 1. The fourth-order valence-electron chi connectivity index (χ4n) is 2.44. The molecule has 9 nitrogen and oxygen atoms in total. The number of nitrogens with two attached hydrogens (primary N) is 1. The van der Waals surface area contributed by atoms with Gasteiger partial charge in [0.2, 0.25) is 0 Å². The lowest BCUT2D eigenvalue weighted by Crippen LogP contribution is -2.36. The second kappa shape index (κ2) is 7.50. The van der Waals surface area contributed by atoms with E-state index in [1.54, 1.807) is 13.1 Å². The maximum atomic E-state index is 14.3. The van der Waals surface area contributed by atoms with Crippen molar-refractivity contribution >= 4 is 34.5 Å². The molecule has 0 atom stereocenters. The zero-order valence-electron chi connectivity index (χ0n) is 13.6. The highest BCUT2D eigenvalue weighted by Crippen LogP contribution is 2.30. The standard InChI is InChI=1S/C14H15FN6O3S.ClH/c1-21-6-10-12(17-7-18-13(10)20-14(21)22)8-2-3-9(11(15)4-8)5-19-25(16,23)24;/h2-4,7,19H,5-6H2,1H3,(H2,16,23,24)(H,17,18,20,22);1H. The summed E-state index contributed by atoms with van der Waals surface area (Å²) in [5.74, 6) is -0.220. The zero-order valence-corrected chi connectivity index (χ0v) is 15.2. The second-order valence-corrected chi connectivity index (χ2v) is 6.89. The van der Waals surface area contributed by atoms with Gasteiger partial charge in [-0.1, -0.05) is 12.1 Å². The molecule has 0 aliphatic carbocycles. The molecule has 1 aliphatic rings. The lowest BCUT2D eigenvalue weighted by molar-refractivity contribution is 0.218. The van der Waals surface area contributed by atoms with Gasteiger partial charge in [-0.15, -0.1) is 12.4 Å². The Labute approximate surface area is 155 Å². The van der Waals surface area contributed by atoms with Crippen LogP contribution < -0.4 is 15.2 Å². The molecule has 2 heterocycles. The largest absolute Gasteiger partial charge is 0.323 e. The molecule has 0 radical (unpaired) electrons. The predicted molar refractivity (Wildman–Crippen MR) is 95.1 cm³/mol. The lowest BCUT2D eigenvalue weighted by Gasteiger charge is -2.26. The van der Waals surface area contributed by atoms with Crippen molar-refractivity contribution < 1.29 is 17.6 Å². The maximum absolute atomic E-state index is 14.3. The number of anilines is 1. The van der Waals surface area contributed by atoms with Crippen LogP contribution in [0.25, 0.3) is 11.3 Å². The molecule has 1 aliphatic heterocycles. The Morgan fingerprint density at radius 1 is 1.38 bits per heavy atom. The highest BCUT2D eigenvalue weighted by Gasteiger charge is 2.24. The molecule has 26 heavy (non-hydrogen) atoms. The van der Waals surface area contributed by atoms with E-state index in [4.69, 9.17) is 5.14 Å². The minimum Gasteiger partial charge on any atom is -0.323 e. The van der Waals surface area contributed by atoms with Crippen molar-refractivity contribution in [3.05, 3.63) is 41.5 Å². The summed E-state index contributed by atoms with van der Waals surface area (Å²) >= 11 is 0. The molecule has 2 aromatic rings. The quantitative estimate of drug-likeness (QED) is 0.701. The van der Waals surface area contributed by atoms with Gasteiger partial charge in [-0.05, 0) is 6.07 Å². The molecule has 2 amide bonds. The molecule has 0 saturated heterocycles. The number of carbonyl (C=O) groups excluding carboxylic acids is 1. The van der Waals surface area contributed by atoms with E-state index in [1.165, 1.54) is 23.4 Å². The molecule has 4 N–H and O–H groups in total. The third kappa shape index (κ3) is 4.25. The SMILES string of the molecule is CN1Cc2c(ncnc2-c2ccc(CNS(N)(=O)=O)c(F)c2)NC1=O.Cl. The molecule has 12 heteroatoms. The molecule has 3 rings (SSSR count). The lowest BCUT2D eigenvalue weighted by atomic mass is 10.0. The number of nitrogens with one attached hydrogen (secondary N) is 2. The van der Waals surface area contributed by atoms with Gasteiger partial charge in [0.05, 0.1) is 12.2 Å². The number of halogens is 2. The molecule has 0 saturated carbocycles. The summed E-state index contributed by atoms with van der Waals surface area (Å²) in [6.07, 6.45) is 1.29. The van der Waals surface area contributed by atoms with Crippen LogP contribution in [-0.2, 0) is 23.3 Å². The fraction of sp³-hybridized carbons (Fsp3) is 0.214. The Balaban J connectivity index is 0.00000243. The van der Waals surface area contributed by atoms with Crippen molar-refractivity contribution in [1.82, 2.24) is 19.6 Å². The van der Waals surface area contributed by atoms with Crippen LogP contribution >= 0.6 is 12.4 Å². The van der Waals surface area contributed by atoms with Crippen LogP contribution in [0.3, 0.4) is 0 Å². The molecule has 0 unspecified atom stereocenters. The van der Waals surface area contributed by atoms with Crippen LogP contribution in [0.1, 0.15) is 11.1 Å². The van der Waals surface area contributed by atoms with E-state index in [-0.39, 0.29) is 37.1 Å². The maximum Gasteiger partial charge on any atom is 0.323 e. The number of hydrogen-bond donors (Lipinski definition) is 3. The molecule has 0 spiro atoms. The van der Waals surface area contributed by atoms with Crippen LogP contribution in [-0.4, -0.2) is 36.4 Å². The second-order valence-electron chi connectivity index (χ2n) is 5.51. The minimum absolute atomic E-state index is 0. The van der Waals surface area contributed by atoms with Crippen LogP contribution in [0.5, 0.6) is 0 Å². The first-order valence-corrected chi connectivity index (χ1v) is 8.71. The smallest absolute Gasteiger partial charge is 0.323 e. The molecule has 1 aromatic carbocycles. The van der Waals surface area contributed by atoms with Crippen LogP contribution in [0.4, 0.5) is 15.0 Å². The van der Waals surface area contributed by atoms with Crippen LogP contribution in [0.2, 0.25) is 0 Å². The number of benzene rings is 1. The Hall–Kier alpha value is -2.34. The van der Waals surface area contributed by atoms with E-state index >= 15 is 0 Å². The van der Waals surface area contributed by atoms with Crippen molar-refractivity contribution in [2.24, 2.45) is 5.14 Å². The van der Waals surface area contributed by atoms with E-state index in [1.807, 2.05) is 4.72 Å². The first kappa shape index (κ1) is 20.0. The van der Waals surface area contributed by atoms with E-state index in [0.29, 0.717) is 22.6 Å². The third-order valence-electron chi connectivity index (χ3n) is 3.70. The van der Waals surface area contributed by atoms with Crippen molar-refractivity contribution in [1.29, 1.82) is 0 Å². The fourth-order valence-corrected chi connectivity index (χ4v) is 2.80. The molecular formula is C14H16ClFN6O3S.